The van der Waals surface area contributed by atoms with Crippen molar-refractivity contribution in [3.63, 3.8) is 0 Å². The molecular weight excluding hydrogens is 194 g/mol. The summed E-state index contributed by atoms with van der Waals surface area (Å²) in [5, 5.41) is 0. The van der Waals surface area contributed by atoms with Crippen LogP contribution in [-0.4, -0.2) is 21.7 Å². The van der Waals surface area contributed by atoms with Crippen LogP contribution in [0.15, 0.2) is 18.3 Å². The van der Waals surface area contributed by atoms with Crippen molar-refractivity contribution < 1.29 is 9.59 Å². The first-order chi connectivity index (χ1) is 7.13. The number of aldehydes is 1. The van der Waals surface area contributed by atoms with Crippen molar-refractivity contribution >= 4 is 23.2 Å². The number of carbonyl (C=O) groups is 2. The van der Waals surface area contributed by atoms with Crippen LogP contribution in [0.3, 0.4) is 0 Å². The van der Waals surface area contributed by atoms with Crippen LogP contribution in [0.2, 0.25) is 0 Å². The highest BCUT2D eigenvalue weighted by Gasteiger charge is 2.12. The van der Waals surface area contributed by atoms with Crippen LogP contribution in [0.4, 0.5) is 0 Å². The van der Waals surface area contributed by atoms with Gasteiger partial charge in [0.2, 0.25) is 0 Å². The maximum Gasteiger partial charge on any atom is 0.252 e. The number of fused-ring (bicyclic) bond motifs is 1. The number of aromatic nitrogens is 2. The Hall–Kier alpha value is -2.17. The summed E-state index contributed by atoms with van der Waals surface area (Å²) in [4.78, 5) is 25.7. The summed E-state index contributed by atoms with van der Waals surface area (Å²) in [6, 6.07) is 3.33. The predicted molar refractivity (Wildman–Crippen MR) is 54.6 cm³/mol. The van der Waals surface area contributed by atoms with E-state index in [0.717, 1.165) is 5.52 Å². The van der Waals surface area contributed by atoms with Gasteiger partial charge in [-0.2, -0.15) is 0 Å². The minimum atomic E-state index is -0.545. The molecule has 2 aromatic heterocycles. The lowest BCUT2D eigenvalue weighted by molar-refractivity contribution is 0.100. The summed E-state index contributed by atoms with van der Waals surface area (Å²) in [5.74, 6) is -0.545. The highest BCUT2D eigenvalue weighted by atomic mass is 16.1. The Morgan fingerprint density at radius 2 is 2.27 bits per heavy atom. The molecule has 0 spiro atoms. The molecule has 2 rings (SSSR count). The number of hydrogen-bond donors (Lipinski definition) is 1. The normalized spacial score (nSPS) is 10.5. The van der Waals surface area contributed by atoms with E-state index in [0.29, 0.717) is 17.4 Å². The smallest absolute Gasteiger partial charge is 0.252 e. The minimum absolute atomic E-state index is 0.288. The van der Waals surface area contributed by atoms with E-state index in [-0.39, 0.29) is 5.69 Å². The maximum absolute atomic E-state index is 11.1. The Kier molecular flexibility index (Phi) is 2.00. The Morgan fingerprint density at radius 1 is 1.53 bits per heavy atom. The number of hydrogen-bond acceptors (Lipinski definition) is 3. The molecule has 0 radical (unpaired) electrons. The summed E-state index contributed by atoms with van der Waals surface area (Å²) in [6.45, 7) is 0. The number of nitrogens with zero attached hydrogens (tertiary/aromatic N) is 2. The molecule has 2 aromatic rings. The van der Waals surface area contributed by atoms with Gasteiger partial charge in [-0.25, -0.2) is 4.98 Å². The molecule has 0 atom stereocenters. The SMILES string of the molecule is Cn1cc(C(N)=O)c2nc(C=O)ccc21. The zero-order valence-electron chi connectivity index (χ0n) is 8.10. The average molecular weight is 203 g/mol. The zero-order chi connectivity index (χ0) is 11.0. The van der Waals surface area contributed by atoms with Gasteiger partial charge in [0.05, 0.1) is 11.1 Å². The van der Waals surface area contributed by atoms with E-state index >= 15 is 0 Å². The first-order valence-electron chi connectivity index (χ1n) is 4.34. The molecule has 0 aliphatic carbocycles. The van der Waals surface area contributed by atoms with E-state index in [2.05, 4.69) is 4.98 Å². The van der Waals surface area contributed by atoms with Crippen molar-refractivity contribution in [2.45, 2.75) is 0 Å². The van der Waals surface area contributed by atoms with Gasteiger partial charge in [-0.15, -0.1) is 0 Å². The highest BCUT2D eigenvalue weighted by molar-refractivity contribution is 6.05. The summed E-state index contributed by atoms with van der Waals surface area (Å²) in [7, 11) is 1.79. The second-order valence-electron chi connectivity index (χ2n) is 3.24. The summed E-state index contributed by atoms with van der Waals surface area (Å²) in [5.41, 5.74) is 7.06. The van der Waals surface area contributed by atoms with Crippen LogP contribution < -0.4 is 5.73 Å². The number of primary amides is 1. The lowest BCUT2D eigenvalue weighted by Crippen LogP contribution is -2.10. The number of aryl methyl sites for hydroxylation is 1. The van der Waals surface area contributed by atoms with Crippen LogP contribution in [0.1, 0.15) is 20.8 Å². The van der Waals surface area contributed by atoms with Gasteiger partial charge in [-0.3, -0.25) is 9.59 Å². The quantitative estimate of drug-likeness (QED) is 0.721. The predicted octanol–water partition coefficient (Wildman–Crippen LogP) is 0.485. The largest absolute Gasteiger partial charge is 0.365 e. The van der Waals surface area contributed by atoms with Crippen molar-refractivity contribution in [2.24, 2.45) is 12.8 Å². The van der Waals surface area contributed by atoms with E-state index in [1.807, 2.05) is 0 Å². The average Bonchev–Trinajstić information content (AvgIpc) is 2.56. The number of rotatable bonds is 2. The molecule has 5 heteroatoms. The second kappa shape index (κ2) is 3.20. The van der Waals surface area contributed by atoms with Gasteiger partial charge in [0, 0.05) is 13.2 Å². The van der Waals surface area contributed by atoms with E-state index in [9.17, 15) is 9.59 Å². The molecular formula is C10H9N3O2. The van der Waals surface area contributed by atoms with Gasteiger partial charge in [0.25, 0.3) is 5.91 Å². The number of pyridine rings is 1. The molecule has 0 aliphatic rings. The lowest BCUT2D eigenvalue weighted by atomic mass is 10.2. The van der Waals surface area contributed by atoms with E-state index in [1.54, 1.807) is 29.9 Å². The third-order valence-electron chi connectivity index (χ3n) is 2.24. The van der Waals surface area contributed by atoms with Crippen LogP contribution in [0, 0.1) is 0 Å². The Labute approximate surface area is 85.5 Å². The molecule has 1 amide bonds. The number of nitrogens with two attached hydrogens (primary N) is 1. The fourth-order valence-corrected chi connectivity index (χ4v) is 1.52. The Morgan fingerprint density at radius 3 is 2.87 bits per heavy atom. The van der Waals surface area contributed by atoms with Crippen LogP contribution in [0.5, 0.6) is 0 Å². The van der Waals surface area contributed by atoms with Gasteiger partial charge >= 0.3 is 0 Å². The van der Waals surface area contributed by atoms with E-state index in [1.165, 1.54) is 0 Å². The molecule has 0 bridgehead atoms. The van der Waals surface area contributed by atoms with Crippen molar-refractivity contribution in [1.29, 1.82) is 0 Å². The molecule has 2 N–H and O–H groups in total. The highest BCUT2D eigenvalue weighted by Crippen LogP contribution is 2.18. The topological polar surface area (TPSA) is 78.0 Å². The lowest BCUT2D eigenvalue weighted by Gasteiger charge is -1.95. The van der Waals surface area contributed by atoms with E-state index in [4.69, 9.17) is 5.73 Å². The summed E-state index contributed by atoms with van der Waals surface area (Å²) >= 11 is 0. The van der Waals surface area contributed by atoms with Crippen molar-refractivity contribution in [2.75, 3.05) is 0 Å². The summed E-state index contributed by atoms with van der Waals surface area (Å²) < 4.78 is 1.75. The molecule has 0 saturated heterocycles. The van der Waals surface area contributed by atoms with Gasteiger partial charge in [-0.05, 0) is 12.1 Å². The van der Waals surface area contributed by atoms with Gasteiger partial charge in [0.15, 0.2) is 6.29 Å². The fourth-order valence-electron chi connectivity index (χ4n) is 1.52. The number of carbonyl (C=O) groups excluding carboxylic acids is 2. The molecule has 76 valence electrons. The third-order valence-corrected chi connectivity index (χ3v) is 2.24. The molecule has 2 heterocycles. The number of amides is 1. The van der Waals surface area contributed by atoms with Crippen molar-refractivity contribution in [3.8, 4) is 0 Å². The summed E-state index contributed by atoms with van der Waals surface area (Å²) in [6.07, 6.45) is 2.24. The molecule has 0 unspecified atom stereocenters. The maximum atomic E-state index is 11.1. The van der Waals surface area contributed by atoms with Gasteiger partial charge < -0.3 is 10.3 Å². The van der Waals surface area contributed by atoms with Crippen LogP contribution in [-0.2, 0) is 7.05 Å². The van der Waals surface area contributed by atoms with E-state index < -0.39 is 5.91 Å². The molecule has 0 aromatic carbocycles. The molecule has 15 heavy (non-hydrogen) atoms. The minimum Gasteiger partial charge on any atom is -0.365 e. The van der Waals surface area contributed by atoms with Gasteiger partial charge in [-0.1, -0.05) is 0 Å². The van der Waals surface area contributed by atoms with Crippen LogP contribution >= 0.6 is 0 Å². The first kappa shape index (κ1) is 9.39. The second-order valence-corrected chi connectivity index (χ2v) is 3.24. The van der Waals surface area contributed by atoms with Crippen molar-refractivity contribution in [1.82, 2.24) is 9.55 Å². The Balaban J connectivity index is 2.82. The molecule has 0 fully saturated rings. The van der Waals surface area contributed by atoms with Gasteiger partial charge in [0.1, 0.15) is 11.2 Å². The fraction of sp³-hybridized carbons (Fsp3) is 0.100. The van der Waals surface area contributed by atoms with Crippen molar-refractivity contribution in [3.05, 3.63) is 29.6 Å². The third kappa shape index (κ3) is 1.38. The first-order valence-corrected chi connectivity index (χ1v) is 4.34. The zero-order valence-corrected chi connectivity index (χ0v) is 8.10. The molecule has 5 nitrogen and oxygen atoms in total. The molecule has 0 aliphatic heterocycles. The Bertz CT molecular complexity index is 557. The standard InChI is InChI=1S/C10H9N3O2/c1-13-4-7(10(11)15)9-8(13)3-2-6(5-14)12-9/h2-5H,1H3,(H2,11,15). The molecule has 0 saturated carbocycles. The van der Waals surface area contributed by atoms with Crippen LogP contribution in [0.25, 0.3) is 11.0 Å². The monoisotopic (exact) mass is 203 g/mol.